The summed E-state index contributed by atoms with van der Waals surface area (Å²) in [6.45, 7) is 9.57. The number of nitrogens with one attached hydrogen (secondary N) is 2. The molecule has 102 valence electrons. The lowest BCUT2D eigenvalue weighted by Gasteiger charge is -2.15. The highest BCUT2D eigenvalue weighted by Gasteiger charge is 2.13. The predicted molar refractivity (Wildman–Crippen MR) is 76.4 cm³/mol. The fraction of sp³-hybridized carbons (Fsp3) is 1.00. The van der Waals surface area contributed by atoms with Crippen molar-refractivity contribution < 1.29 is 0 Å². The molecule has 2 heteroatoms. The molecule has 1 saturated heterocycles. The molecule has 0 bridgehead atoms. The molecule has 2 N–H and O–H groups in total. The maximum atomic E-state index is 3.65. The molecule has 0 aromatic carbocycles. The molecule has 1 aliphatic rings. The van der Waals surface area contributed by atoms with E-state index >= 15 is 0 Å². The minimum Gasteiger partial charge on any atom is -0.316 e. The van der Waals surface area contributed by atoms with Crippen LogP contribution in [0.1, 0.15) is 58.8 Å². The number of unbranched alkanes of at least 4 members (excludes halogenated alkanes) is 1. The van der Waals surface area contributed by atoms with Gasteiger partial charge in [0.2, 0.25) is 0 Å². The van der Waals surface area contributed by atoms with Crippen LogP contribution in [0.4, 0.5) is 0 Å². The summed E-state index contributed by atoms with van der Waals surface area (Å²) < 4.78 is 0. The second-order valence-corrected chi connectivity index (χ2v) is 5.62. The Bertz CT molecular complexity index is 164. The third-order valence-electron chi connectivity index (χ3n) is 4.10. The molecule has 0 aromatic rings. The monoisotopic (exact) mass is 240 g/mol. The zero-order chi connectivity index (χ0) is 12.3. The fourth-order valence-corrected chi connectivity index (χ4v) is 2.73. The lowest BCUT2D eigenvalue weighted by Crippen LogP contribution is -2.24. The molecule has 17 heavy (non-hydrogen) atoms. The van der Waals surface area contributed by atoms with Crippen molar-refractivity contribution in [3.05, 3.63) is 0 Å². The number of rotatable bonds is 10. The predicted octanol–water partition coefficient (Wildman–Crippen LogP) is 3.18. The van der Waals surface area contributed by atoms with Gasteiger partial charge in [-0.1, -0.05) is 33.1 Å². The Balaban J connectivity index is 1.90. The van der Waals surface area contributed by atoms with Crippen LogP contribution in [0.5, 0.6) is 0 Å². The molecule has 0 amide bonds. The Hall–Kier alpha value is -0.0800. The van der Waals surface area contributed by atoms with E-state index in [0.29, 0.717) is 0 Å². The molecule has 1 aliphatic heterocycles. The average Bonchev–Trinajstić information content (AvgIpc) is 2.85. The topological polar surface area (TPSA) is 24.1 Å². The first-order chi connectivity index (χ1) is 8.36. The molecule has 0 radical (unpaired) electrons. The van der Waals surface area contributed by atoms with Gasteiger partial charge < -0.3 is 10.6 Å². The lowest BCUT2D eigenvalue weighted by atomic mass is 9.99. The van der Waals surface area contributed by atoms with Gasteiger partial charge in [0.15, 0.2) is 0 Å². The van der Waals surface area contributed by atoms with Gasteiger partial charge in [0.1, 0.15) is 0 Å². The molecule has 2 unspecified atom stereocenters. The maximum absolute atomic E-state index is 3.65. The van der Waals surface area contributed by atoms with Gasteiger partial charge in [0, 0.05) is 0 Å². The van der Waals surface area contributed by atoms with Gasteiger partial charge in [0.05, 0.1) is 0 Å². The molecule has 0 spiro atoms. The summed E-state index contributed by atoms with van der Waals surface area (Å²) in [5.74, 6) is 1.86. The van der Waals surface area contributed by atoms with Crippen molar-refractivity contribution in [3.63, 3.8) is 0 Å². The van der Waals surface area contributed by atoms with Gasteiger partial charge in [-0.25, -0.2) is 0 Å². The second kappa shape index (κ2) is 9.90. The van der Waals surface area contributed by atoms with E-state index < -0.39 is 0 Å². The summed E-state index contributed by atoms with van der Waals surface area (Å²) in [4.78, 5) is 0. The average molecular weight is 240 g/mol. The van der Waals surface area contributed by atoms with E-state index in [0.717, 1.165) is 11.8 Å². The largest absolute Gasteiger partial charge is 0.316 e. The quantitative estimate of drug-likeness (QED) is 0.573. The fourth-order valence-electron chi connectivity index (χ4n) is 2.73. The van der Waals surface area contributed by atoms with E-state index in [9.17, 15) is 0 Å². The standard InChI is InChI=1S/C15H32N2/c1-3-5-7-14(4-2)12-16-10-6-8-15-9-11-17-13-15/h14-17H,3-13H2,1-2H3. The van der Waals surface area contributed by atoms with Crippen molar-refractivity contribution in [1.29, 1.82) is 0 Å². The van der Waals surface area contributed by atoms with Crippen LogP contribution >= 0.6 is 0 Å². The Morgan fingerprint density at radius 2 is 2.18 bits per heavy atom. The van der Waals surface area contributed by atoms with Crippen molar-refractivity contribution in [3.8, 4) is 0 Å². The molecular formula is C15H32N2. The van der Waals surface area contributed by atoms with E-state index in [2.05, 4.69) is 24.5 Å². The third-order valence-corrected chi connectivity index (χ3v) is 4.10. The summed E-state index contributed by atoms with van der Waals surface area (Å²) in [7, 11) is 0. The Kier molecular flexibility index (Phi) is 8.72. The Labute approximate surface area is 108 Å². The summed E-state index contributed by atoms with van der Waals surface area (Å²) in [5, 5.41) is 7.09. The van der Waals surface area contributed by atoms with Crippen LogP contribution in [0.25, 0.3) is 0 Å². The third kappa shape index (κ3) is 7.05. The maximum Gasteiger partial charge on any atom is -0.00200 e. The minimum absolute atomic E-state index is 0.906. The first-order valence-corrected chi connectivity index (χ1v) is 7.78. The molecule has 2 nitrogen and oxygen atoms in total. The molecule has 1 fully saturated rings. The Morgan fingerprint density at radius 1 is 1.29 bits per heavy atom. The van der Waals surface area contributed by atoms with E-state index in [4.69, 9.17) is 0 Å². The van der Waals surface area contributed by atoms with Gasteiger partial charge >= 0.3 is 0 Å². The molecule has 1 heterocycles. The molecule has 0 aliphatic carbocycles. The normalized spacial score (nSPS) is 21.9. The summed E-state index contributed by atoms with van der Waals surface area (Å²) in [6, 6.07) is 0. The first kappa shape index (κ1) is 15.0. The van der Waals surface area contributed by atoms with Crippen molar-refractivity contribution in [2.45, 2.75) is 58.8 Å². The van der Waals surface area contributed by atoms with Crippen molar-refractivity contribution >= 4 is 0 Å². The SMILES string of the molecule is CCCCC(CC)CNCCCC1CCNC1. The Morgan fingerprint density at radius 3 is 2.82 bits per heavy atom. The number of hydrogen-bond acceptors (Lipinski definition) is 2. The van der Waals surface area contributed by atoms with Crippen LogP contribution < -0.4 is 10.6 Å². The van der Waals surface area contributed by atoms with Gasteiger partial charge in [0.25, 0.3) is 0 Å². The highest BCUT2D eigenvalue weighted by atomic mass is 14.9. The van der Waals surface area contributed by atoms with Crippen LogP contribution in [-0.4, -0.2) is 26.2 Å². The highest BCUT2D eigenvalue weighted by molar-refractivity contribution is 4.71. The summed E-state index contributed by atoms with van der Waals surface area (Å²) >= 11 is 0. The summed E-state index contributed by atoms with van der Waals surface area (Å²) in [6.07, 6.45) is 9.64. The lowest BCUT2D eigenvalue weighted by molar-refractivity contribution is 0.409. The first-order valence-electron chi connectivity index (χ1n) is 7.78. The highest BCUT2D eigenvalue weighted by Crippen LogP contribution is 2.14. The van der Waals surface area contributed by atoms with Gasteiger partial charge in [-0.2, -0.15) is 0 Å². The molecule has 1 rings (SSSR count). The van der Waals surface area contributed by atoms with Crippen molar-refractivity contribution in [1.82, 2.24) is 10.6 Å². The minimum atomic E-state index is 0.906. The van der Waals surface area contributed by atoms with Gasteiger partial charge in [-0.15, -0.1) is 0 Å². The molecule has 0 aromatic heterocycles. The van der Waals surface area contributed by atoms with Crippen LogP contribution in [0.3, 0.4) is 0 Å². The zero-order valence-corrected chi connectivity index (χ0v) is 11.9. The van der Waals surface area contributed by atoms with E-state index in [1.165, 1.54) is 71.1 Å². The zero-order valence-electron chi connectivity index (χ0n) is 11.9. The molecule has 2 atom stereocenters. The van der Waals surface area contributed by atoms with Crippen LogP contribution in [-0.2, 0) is 0 Å². The summed E-state index contributed by atoms with van der Waals surface area (Å²) in [5.41, 5.74) is 0. The molecule has 0 saturated carbocycles. The van der Waals surface area contributed by atoms with Crippen LogP contribution in [0, 0.1) is 11.8 Å². The van der Waals surface area contributed by atoms with Crippen molar-refractivity contribution in [2.24, 2.45) is 11.8 Å². The van der Waals surface area contributed by atoms with E-state index in [1.54, 1.807) is 0 Å². The van der Waals surface area contributed by atoms with Crippen LogP contribution in [0.2, 0.25) is 0 Å². The van der Waals surface area contributed by atoms with E-state index in [1.807, 2.05) is 0 Å². The van der Waals surface area contributed by atoms with Crippen molar-refractivity contribution in [2.75, 3.05) is 26.2 Å². The van der Waals surface area contributed by atoms with Gasteiger partial charge in [-0.3, -0.25) is 0 Å². The van der Waals surface area contributed by atoms with E-state index in [-0.39, 0.29) is 0 Å². The van der Waals surface area contributed by atoms with Crippen LogP contribution in [0.15, 0.2) is 0 Å². The number of hydrogen-bond donors (Lipinski definition) is 2. The second-order valence-electron chi connectivity index (χ2n) is 5.62. The smallest absolute Gasteiger partial charge is 0.00200 e. The van der Waals surface area contributed by atoms with Gasteiger partial charge in [-0.05, 0) is 63.7 Å². The molecular weight excluding hydrogens is 208 g/mol.